The molecule has 0 spiro atoms. The van der Waals surface area contributed by atoms with Gasteiger partial charge in [-0.25, -0.2) is 4.79 Å². The van der Waals surface area contributed by atoms with Gasteiger partial charge in [0.05, 0.1) is 6.61 Å². The molecule has 1 heterocycles. The van der Waals surface area contributed by atoms with E-state index in [1.54, 1.807) is 5.32 Å². The number of rotatable bonds is 3. The van der Waals surface area contributed by atoms with E-state index < -0.39 is 23.8 Å². The van der Waals surface area contributed by atoms with Crippen LogP contribution in [0.5, 0.6) is 0 Å². The van der Waals surface area contributed by atoms with Crippen molar-refractivity contribution < 1.29 is 28.2 Å². The molecule has 0 radical (unpaired) electrons. The number of carbonyl (C=O) groups excluding carboxylic acids is 1. The zero-order chi connectivity index (χ0) is 10.8. The van der Waals surface area contributed by atoms with Crippen LogP contribution in [0.3, 0.4) is 0 Å². The van der Waals surface area contributed by atoms with Crippen molar-refractivity contribution in [3.05, 3.63) is 0 Å². The quantitative estimate of drug-likeness (QED) is 0.663. The summed E-state index contributed by atoms with van der Waals surface area (Å²) >= 11 is 0. The average molecular weight is 209 g/mol. The molecule has 1 fully saturated rings. The summed E-state index contributed by atoms with van der Waals surface area (Å²) in [5.41, 5.74) is -1.69. The first kappa shape index (κ1) is 10.8. The molecule has 1 atom stereocenters. The van der Waals surface area contributed by atoms with Crippen LogP contribution in [0.4, 0.5) is 8.78 Å². The molecular weight excluding hydrogens is 200 g/mol. The lowest BCUT2D eigenvalue weighted by atomic mass is 9.99. The van der Waals surface area contributed by atoms with Gasteiger partial charge in [0.2, 0.25) is 0 Å². The van der Waals surface area contributed by atoms with E-state index in [0.717, 1.165) is 0 Å². The second kappa shape index (κ2) is 3.87. The predicted octanol–water partition coefficient (Wildman–Crippen LogP) is -0.389. The van der Waals surface area contributed by atoms with Crippen LogP contribution in [-0.4, -0.2) is 42.2 Å². The Morgan fingerprint density at radius 2 is 2.14 bits per heavy atom. The molecule has 1 aliphatic heterocycles. The van der Waals surface area contributed by atoms with Crippen LogP contribution in [0.25, 0.3) is 0 Å². The zero-order valence-electron chi connectivity index (χ0n) is 7.13. The van der Waals surface area contributed by atoms with Crippen LogP contribution < -0.4 is 5.32 Å². The normalized spacial score (nSPS) is 26.5. The van der Waals surface area contributed by atoms with Gasteiger partial charge in [0.25, 0.3) is 5.91 Å². The number of alkyl halides is 2. The molecule has 2 N–H and O–H groups in total. The summed E-state index contributed by atoms with van der Waals surface area (Å²) in [5.74, 6) is -2.94. The van der Waals surface area contributed by atoms with Crippen LogP contribution in [0, 0.1) is 0 Å². The minimum atomic E-state index is -3.22. The monoisotopic (exact) mass is 209 g/mol. The van der Waals surface area contributed by atoms with Gasteiger partial charge in [0.15, 0.2) is 5.54 Å². The molecule has 1 aliphatic rings. The number of hydrogen-bond donors (Lipinski definition) is 2. The summed E-state index contributed by atoms with van der Waals surface area (Å²) in [6.45, 7) is -0.142. The fourth-order valence-corrected chi connectivity index (χ4v) is 1.18. The number of amides is 1. The maximum absolute atomic E-state index is 11.9. The van der Waals surface area contributed by atoms with Crippen molar-refractivity contribution in [1.82, 2.24) is 5.32 Å². The third-order valence-electron chi connectivity index (χ3n) is 1.99. The number of aliphatic carboxylic acids is 1. The average Bonchev–Trinajstić information content (AvgIpc) is 2.53. The highest BCUT2D eigenvalue weighted by molar-refractivity contribution is 5.88. The van der Waals surface area contributed by atoms with Gasteiger partial charge in [0.1, 0.15) is 0 Å². The van der Waals surface area contributed by atoms with Gasteiger partial charge in [0, 0.05) is 13.0 Å². The van der Waals surface area contributed by atoms with Crippen molar-refractivity contribution in [1.29, 1.82) is 0 Å². The van der Waals surface area contributed by atoms with Crippen molar-refractivity contribution in [2.75, 3.05) is 13.2 Å². The van der Waals surface area contributed by atoms with E-state index in [2.05, 4.69) is 0 Å². The predicted molar refractivity (Wildman–Crippen MR) is 39.9 cm³/mol. The number of hydrogen-bond acceptors (Lipinski definition) is 3. The summed E-state index contributed by atoms with van der Waals surface area (Å²) < 4.78 is 28.5. The minimum Gasteiger partial charge on any atom is -0.479 e. The third-order valence-corrected chi connectivity index (χ3v) is 1.99. The molecule has 0 aliphatic carbocycles. The first-order valence-electron chi connectivity index (χ1n) is 3.89. The van der Waals surface area contributed by atoms with E-state index >= 15 is 0 Å². The van der Waals surface area contributed by atoms with Gasteiger partial charge in [-0.3, -0.25) is 4.79 Å². The third kappa shape index (κ3) is 1.98. The van der Waals surface area contributed by atoms with Crippen LogP contribution in [0.1, 0.15) is 6.42 Å². The standard InChI is InChI=1S/C7H9F2NO4/c8-4(9)5(11)10-7(6(12)13)1-2-14-3-7/h4H,1-3H2,(H,10,11)(H,12,13). The van der Waals surface area contributed by atoms with Gasteiger partial charge in [-0.05, 0) is 0 Å². The SMILES string of the molecule is O=C(NC1(C(=O)O)CCOC1)C(F)F. The van der Waals surface area contributed by atoms with E-state index in [1.165, 1.54) is 0 Å². The molecule has 1 amide bonds. The lowest BCUT2D eigenvalue weighted by Gasteiger charge is -2.23. The molecule has 0 bridgehead atoms. The highest BCUT2D eigenvalue weighted by Crippen LogP contribution is 2.19. The Bertz CT molecular complexity index is 250. The number of carbonyl (C=O) groups is 2. The minimum absolute atomic E-state index is 0.000787. The summed E-state index contributed by atoms with van der Waals surface area (Å²) in [5, 5.41) is 10.5. The number of ether oxygens (including phenoxy) is 1. The molecule has 0 saturated carbocycles. The van der Waals surface area contributed by atoms with Gasteiger partial charge in [-0.2, -0.15) is 8.78 Å². The Kier molecular flexibility index (Phi) is 3.00. The molecule has 0 aromatic heterocycles. The highest BCUT2D eigenvalue weighted by Gasteiger charge is 2.45. The molecule has 80 valence electrons. The number of halogens is 2. The molecule has 14 heavy (non-hydrogen) atoms. The van der Waals surface area contributed by atoms with E-state index in [0.29, 0.717) is 0 Å². The molecule has 1 unspecified atom stereocenters. The fraction of sp³-hybridized carbons (Fsp3) is 0.714. The van der Waals surface area contributed by atoms with E-state index in [4.69, 9.17) is 9.84 Å². The molecule has 1 saturated heterocycles. The van der Waals surface area contributed by atoms with Gasteiger partial charge in [-0.15, -0.1) is 0 Å². The Morgan fingerprint density at radius 1 is 1.50 bits per heavy atom. The van der Waals surface area contributed by atoms with Gasteiger partial charge >= 0.3 is 12.4 Å². The lowest BCUT2D eigenvalue weighted by molar-refractivity contribution is -0.149. The van der Waals surface area contributed by atoms with Crippen LogP contribution in [0.2, 0.25) is 0 Å². The molecule has 0 aromatic rings. The molecule has 1 rings (SSSR count). The topological polar surface area (TPSA) is 75.6 Å². The number of carboxylic acids is 1. The van der Waals surface area contributed by atoms with Crippen LogP contribution in [-0.2, 0) is 14.3 Å². The van der Waals surface area contributed by atoms with Crippen molar-refractivity contribution in [3.63, 3.8) is 0 Å². The number of carboxylic acid groups (broad SMARTS) is 1. The van der Waals surface area contributed by atoms with Crippen LogP contribution >= 0.6 is 0 Å². The second-order valence-corrected chi connectivity index (χ2v) is 2.98. The fourth-order valence-electron chi connectivity index (χ4n) is 1.18. The summed E-state index contributed by atoms with van der Waals surface area (Å²) in [4.78, 5) is 21.4. The maximum Gasteiger partial charge on any atom is 0.331 e. The largest absolute Gasteiger partial charge is 0.479 e. The Labute approximate surface area is 78.0 Å². The van der Waals surface area contributed by atoms with E-state index in [-0.39, 0.29) is 19.6 Å². The summed E-state index contributed by atoms with van der Waals surface area (Å²) in [7, 11) is 0. The molecule has 5 nitrogen and oxygen atoms in total. The van der Waals surface area contributed by atoms with Crippen molar-refractivity contribution in [2.45, 2.75) is 18.4 Å². The maximum atomic E-state index is 11.9. The number of nitrogens with one attached hydrogen (secondary N) is 1. The highest BCUT2D eigenvalue weighted by atomic mass is 19.3. The van der Waals surface area contributed by atoms with Crippen molar-refractivity contribution in [3.8, 4) is 0 Å². The van der Waals surface area contributed by atoms with Gasteiger partial charge < -0.3 is 15.2 Å². The molecule has 7 heteroatoms. The molecular formula is C7H9F2NO4. The summed E-state index contributed by atoms with van der Waals surface area (Å²) in [6, 6.07) is 0. The lowest BCUT2D eigenvalue weighted by Crippen LogP contribution is -2.56. The van der Waals surface area contributed by atoms with E-state index in [9.17, 15) is 18.4 Å². The van der Waals surface area contributed by atoms with Crippen molar-refractivity contribution >= 4 is 11.9 Å². The van der Waals surface area contributed by atoms with Crippen LogP contribution in [0.15, 0.2) is 0 Å². The first-order valence-corrected chi connectivity index (χ1v) is 3.89. The Hall–Kier alpha value is -1.24. The van der Waals surface area contributed by atoms with E-state index in [1.807, 2.05) is 0 Å². The first-order chi connectivity index (χ1) is 6.48. The van der Waals surface area contributed by atoms with Crippen molar-refractivity contribution in [2.24, 2.45) is 0 Å². The Morgan fingerprint density at radius 3 is 2.50 bits per heavy atom. The van der Waals surface area contributed by atoms with Gasteiger partial charge in [-0.1, -0.05) is 0 Å². The Balaban J connectivity index is 2.70. The smallest absolute Gasteiger partial charge is 0.331 e. The molecule has 0 aromatic carbocycles. The second-order valence-electron chi connectivity index (χ2n) is 2.98. The summed E-state index contributed by atoms with van der Waals surface area (Å²) in [6.07, 6.45) is -3.22. The zero-order valence-corrected chi connectivity index (χ0v) is 7.13.